The fraction of sp³-hybridized carbons (Fsp3) is 0.500. The van der Waals surface area contributed by atoms with Crippen molar-refractivity contribution in [3.8, 4) is 0 Å². The molecule has 0 saturated carbocycles. The second-order valence-electron chi connectivity index (χ2n) is 6.95. The van der Waals surface area contributed by atoms with Crippen LogP contribution in [0.3, 0.4) is 0 Å². The highest BCUT2D eigenvalue weighted by Gasteiger charge is 2.25. The van der Waals surface area contributed by atoms with E-state index in [1.165, 1.54) is 16.8 Å². The Morgan fingerprint density at radius 1 is 1.15 bits per heavy atom. The van der Waals surface area contributed by atoms with Crippen LogP contribution < -0.4 is 4.90 Å². The molecule has 1 amide bonds. The first-order valence-electron chi connectivity index (χ1n) is 9.14. The molecular formula is C20H28N4O2. The van der Waals surface area contributed by atoms with Crippen LogP contribution in [0.1, 0.15) is 27.2 Å². The minimum absolute atomic E-state index is 0.0754. The van der Waals surface area contributed by atoms with Crippen LogP contribution in [-0.2, 0) is 11.3 Å². The van der Waals surface area contributed by atoms with Gasteiger partial charge >= 0.3 is 0 Å². The maximum Gasteiger partial charge on any atom is 0.257 e. The highest BCUT2D eigenvalue weighted by Crippen LogP contribution is 2.23. The van der Waals surface area contributed by atoms with Crippen molar-refractivity contribution in [2.75, 3.05) is 44.8 Å². The van der Waals surface area contributed by atoms with Gasteiger partial charge in [0, 0.05) is 45.2 Å². The highest BCUT2D eigenvalue weighted by atomic mass is 16.5. The molecule has 1 saturated heterocycles. The molecular weight excluding hydrogens is 328 g/mol. The van der Waals surface area contributed by atoms with E-state index in [9.17, 15) is 4.79 Å². The number of carbonyl (C=O) groups is 1. The van der Waals surface area contributed by atoms with Crippen LogP contribution in [-0.4, -0.2) is 60.5 Å². The lowest BCUT2D eigenvalue weighted by Gasteiger charge is -2.36. The molecule has 26 heavy (non-hydrogen) atoms. The highest BCUT2D eigenvalue weighted by molar-refractivity contribution is 5.95. The minimum Gasteiger partial charge on any atom is -0.383 e. The largest absolute Gasteiger partial charge is 0.383 e. The summed E-state index contributed by atoms with van der Waals surface area (Å²) in [6, 6.07) is 6.55. The Hall–Kier alpha value is -2.34. The standard InChI is InChI=1S/C20H28N4O2/c1-15-5-6-19(16(2)13-15)22-7-9-23(10-8-22)20(25)18-14-24(11-12-26-4)21-17(18)3/h5-6,13-14H,7-12H2,1-4H3. The van der Waals surface area contributed by atoms with Gasteiger partial charge in [-0.1, -0.05) is 17.7 Å². The summed E-state index contributed by atoms with van der Waals surface area (Å²) in [5.74, 6) is 0.0754. The predicted octanol–water partition coefficient (Wildman–Crippen LogP) is 2.42. The van der Waals surface area contributed by atoms with Gasteiger partial charge in [-0.3, -0.25) is 9.48 Å². The van der Waals surface area contributed by atoms with Crippen molar-refractivity contribution in [2.24, 2.45) is 0 Å². The maximum absolute atomic E-state index is 12.9. The quantitative estimate of drug-likeness (QED) is 0.826. The van der Waals surface area contributed by atoms with Crippen molar-refractivity contribution in [1.29, 1.82) is 0 Å². The number of nitrogens with zero attached hydrogens (tertiary/aromatic N) is 4. The second kappa shape index (κ2) is 7.91. The average Bonchev–Trinajstić information content (AvgIpc) is 3.00. The third-order valence-corrected chi connectivity index (χ3v) is 4.96. The minimum atomic E-state index is 0.0754. The number of ether oxygens (including phenoxy) is 1. The molecule has 0 aliphatic carbocycles. The third kappa shape index (κ3) is 3.90. The van der Waals surface area contributed by atoms with E-state index in [1.807, 2.05) is 18.0 Å². The van der Waals surface area contributed by atoms with Crippen molar-refractivity contribution in [3.63, 3.8) is 0 Å². The zero-order valence-electron chi connectivity index (χ0n) is 16.2. The molecule has 0 atom stereocenters. The van der Waals surface area contributed by atoms with Gasteiger partial charge in [0.2, 0.25) is 0 Å². The lowest BCUT2D eigenvalue weighted by Crippen LogP contribution is -2.49. The van der Waals surface area contributed by atoms with Crippen molar-refractivity contribution >= 4 is 11.6 Å². The lowest BCUT2D eigenvalue weighted by molar-refractivity contribution is 0.0746. The molecule has 0 N–H and O–H groups in total. The van der Waals surface area contributed by atoms with E-state index in [0.717, 1.165) is 31.9 Å². The molecule has 1 aromatic heterocycles. The third-order valence-electron chi connectivity index (χ3n) is 4.96. The van der Waals surface area contributed by atoms with Crippen molar-refractivity contribution in [3.05, 3.63) is 46.8 Å². The van der Waals surface area contributed by atoms with Gasteiger partial charge in [0.25, 0.3) is 5.91 Å². The fourth-order valence-corrected chi connectivity index (χ4v) is 3.51. The van der Waals surface area contributed by atoms with E-state index in [4.69, 9.17) is 4.74 Å². The summed E-state index contributed by atoms with van der Waals surface area (Å²) in [4.78, 5) is 17.2. The first-order valence-corrected chi connectivity index (χ1v) is 9.14. The summed E-state index contributed by atoms with van der Waals surface area (Å²) in [6.45, 7) is 10.6. The molecule has 2 heterocycles. The van der Waals surface area contributed by atoms with Gasteiger partial charge in [0.05, 0.1) is 24.4 Å². The van der Waals surface area contributed by atoms with E-state index in [1.54, 1.807) is 11.8 Å². The van der Waals surface area contributed by atoms with Gasteiger partial charge in [-0.2, -0.15) is 5.10 Å². The molecule has 6 heteroatoms. The molecule has 3 rings (SSSR count). The number of carbonyl (C=O) groups excluding carboxylic acids is 1. The molecule has 140 valence electrons. The Morgan fingerprint density at radius 3 is 2.54 bits per heavy atom. The molecule has 1 fully saturated rings. The van der Waals surface area contributed by atoms with E-state index in [0.29, 0.717) is 18.7 Å². The van der Waals surface area contributed by atoms with E-state index in [-0.39, 0.29) is 5.91 Å². The van der Waals surface area contributed by atoms with Gasteiger partial charge in [-0.25, -0.2) is 0 Å². The Labute approximate surface area is 155 Å². The van der Waals surface area contributed by atoms with E-state index >= 15 is 0 Å². The van der Waals surface area contributed by atoms with Crippen LogP contribution in [0.5, 0.6) is 0 Å². The number of methoxy groups -OCH3 is 1. The van der Waals surface area contributed by atoms with Crippen LogP contribution in [0.4, 0.5) is 5.69 Å². The summed E-state index contributed by atoms with van der Waals surface area (Å²) in [7, 11) is 1.66. The zero-order chi connectivity index (χ0) is 18.7. The number of aromatic nitrogens is 2. The first kappa shape index (κ1) is 18.5. The summed E-state index contributed by atoms with van der Waals surface area (Å²) < 4.78 is 6.87. The van der Waals surface area contributed by atoms with Crippen LogP contribution in [0, 0.1) is 20.8 Å². The molecule has 0 bridgehead atoms. The van der Waals surface area contributed by atoms with E-state index < -0.39 is 0 Å². The number of anilines is 1. The van der Waals surface area contributed by atoms with Crippen LogP contribution in [0.2, 0.25) is 0 Å². The van der Waals surface area contributed by atoms with Crippen LogP contribution in [0.15, 0.2) is 24.4 Å². The van der Waals surface area contributed by atoms with Gasteiger partial charge < -0.3 is 14.5 Å². The summed E-state index contributed by atoms with van der Waals surface area (Å²) >= 11 is 0. The molecule has 6 nitrogen and oxygen atoms in total. The first-order chi connectivity index (χ1) is 12.5. The van der Waals surface area contributed by atoms with Crippen molar-refractivity contribution in [2.45, 2.75) is 27.3 Å². The van der Waals surface area contributed by atoms with Gasteiger partial charge in [-0.15, -0.1) is 0 Å². The number of benzene rings is 1. The lowest BCUT2D eigenvalue weighted by atomic mass is 10.1. The van der Waals surface area contributed by atoms with Crippen LogP contribution in [0.25, 0.3) is 0 Å². The van der Waals surface area contributed by atoms with E-state index in [2.05, 4.69) is 42.0 Å². The number of piperazine rings is 1. The molecule has 0 spiro atoms. The zero-order valence-corrected chi connectivity index (χ0v) is 16.2. The molecule has 0 unspecified atom stereocenters. The molecule has 2 aromatic rings. The molecule has 1 aliphatic rings. The Balaban J connectivity index is 1.64. The second-order valence-corrected chi connectivity index (χ2v) is 6.95. The normalized spacial score (nSPS) is 14.8. The summed E-state index contributed by atoms with van der Waals surface area (Å²) in [5.41, 5.74) is 5.32. The van der Waals surface area contributed by atoms with Crippen LogP contribution >= 0.6 is 0 Å². The topological polar surface area (TPSA) is 50.6 Å². The number of rotatable bonds is 5. The number of hydrogen-bond donors (Lipinski definition) is 0. The summed E-state index contributed by atoms with van der Waals surface area (Å²) in [6.07, 6.45) is 1.84. The fourth-order valence-electron chi connectivity index (χ4n) is 3.51. The van der Waals surface area contributed by atoms with Gasteiger partial charge in [0.1, 0.15) is 0 Å². The molecule has 0 radical (unpaired) electrons. The predicted molar refractivity (Wildman–Crippen MR) is 103 cm³/mol. The molecule has 1 aromatic carbocycles. The Kier molecular flexibility index (Phi) is 5.61. The Bertz CT molecular complexity index is 776. The summed E-state index contributed by atoms with van der Waals surface area (Å²) in [5, 5.41) is 4.43. The van der Waals surface area contributed by atoms with Gasteiger partial charge in [0.15, 0.2) is 0 Å². The van der Waals surface area contributed by atoms with Crippen molar-refractivity contribution in [1.82, 2.24) is 14.7 Å². The Morgan fingerprint density at radius 2 is 1.88 bits per heavy atom. The number of amides is 1. The maximum atomic E-state index is 12.9. The smallest absolute Gasteiger partial charge is 0.257 e. The average molecular weight is 356 g/mol. The molecule has 1 aliphatic heterocycles. The number of hydrogen-bond acceptors (Lipinski definition) is 4. The SMILES string of the molecule is COCCn1cc(C(=O)N2CCN(c3ccc(C)cc3C)CC2)c(C)n1. The number of aryl methyl sites for hydroxylation is 3. The van der Waals surface area contributed by atoms with Crippen molar-refractivity contribution < 1.29 is 9.53 Å². The monoisotopic (exact) mass is 356 g/mol. The van der Waals surface area contributed by atoms with Gasteiger partial charge in [-0.05, 0) is 32.4 Å².